The van der Waals surface area contributed by atoms with Crippen molar-refractivity contribution in [2.24, 2.45) is 0 Å². The number of para-hydroxylation sites is 8. The molecule has 1 aromatic heterocycles. The summed E-state index contributed by atoms with van der Waals surface area (Å²) in [4.78, 5) is 11.3. The number of ether oxygens (including phenoxy) is 3. The first-order chi connectivity index (χ1) is 48.7. The largest absolute Gasteiger partial charge is 1.00 e. The number of rotatable bonds is 9. The van der Waals surface area contributed by atoms with Gasteiger partial charge in [-0.25, -0.2) is 4.21 Å². The molecular formula is C81H68Cl3LiO13P2S. The first-order valence-corrected chi connectivity index (χ1v) is 36.9. The van der Waals surface area contributed by atoms with E-state index in [2.05, 4.69) is 53.1 Å². The van der Waals surface area contributed by atoms with E-state index < -0.39 is 41.1 Å². The summed E-state index contributed by atoms with van der Waals surface area (Å²) in [5.41, 5.74) is 7.88. The van der Waals surface area contributed by atoms with Gasteiger partial charge in [0.25, 0.3) is 0 Å². The molecule has 3 aliphatic rings. The molecule has 0 spiro atoms. The van der Waals surface area contributed by atoms with Crippen molar-refractivity contribution in [1.29, 1.82) is 0 Å². The summed E-state index contributed by atoms with van der Waals surface area (Å²) in [6, 6.07) is 103. The van der Waals surface area contributed by atoms with E-state index in [1.54, 1.807) is 33.5 Å². The van der Waals surface area contributed by atoms with E-state index in [0.29, 0.717) is 44.9 Å². The second kappa shape index (κ2) is 36.4. The second-order valence-corrected chi connectivity index (χ2v) is 28.8. The number of hydrogen-bond donors (Lipinski definition) is 1. The maximum atomic E-state index is 14.1. The standard InChI is InChI=1S/C21H19O4P.C19H13ClO.C19H14O2.C13H8O2.C6H5.C3H9O3P.Cl2OS.Li/c1-23-26(22,24-2)21(16-10-4-3-5-11-16)17-12-6-8-14-19(17)25-20-15-9-7-13-18(20)21;2*20-19(14-8-2-1-3-9-14)15-10-4-6-12-17(15)21-18-13-7-5-11-16(18)19;14-13-9-5-1-3-7-11(9)15-12-8-4-2-6-10(12)13;1-2-4-6-5-3-1;1-4-7(5-2)6-3;1-4(2)3;/h3-15H,1-2H3;1-13H;1-13,20H;1-8H;1-5H;1-3H3;;/q;;;;-1;;;+1. The molecule has 3 aliphatic heterocycles. The van der Waals surface area contributed by atoms with Crippen molar-refractivity contribution in [2.45, 2.75) is 15.6 Å². The van der Waals surface area contributed by atoms with Crippen molar-refractivity contribution in [2.75, 3.05) is 35.5 Å². The molecule has 0 radical (unpaired) electrons. The van der Waals surface area contributed by atoms with Crippen LogP contribution in [0.5, 0.6) is 34.5 Å². The molecule has 508 valence electrons. The van der Waals surface area contributed by atoms with E-state index in [0.717, 1.165) is 61.6 Å². The van der Waals surface area contributed by atoms with Crippen LogP contribution in [0.3, 0.4) is 0 Å². The van der Waals surface area contributed by atoms with Crippen LogP contribution in [-0.4, -0.2) is 44.9 Å². The molecule has 0 amide bonds. The van der Waals surface area contributed by atoms with Gasteiger partial charge in [-0.05, 0) is 77.4 Å². The van der Waals surface area contributed by atoms with Crippen LogP contribution in [0.2, 0.25) is 0 Å². The molecule has 0 saturated carbocycles. The van der Waals surface area contributed by atoms with Gasteiger partial charge < -0.3 is 46.4 Å². The number of aliphatic hydroxyl groups is 1. The molecule has 16 rings (SSSR count). The third-order valence-electron chi connectivity index (χ3n) is 16.3. The van der Waals surface area contributed by atoms with E-state index in [1.165, 1.54) is 14.2 Å². The van der Waals surface area contributed by atoms with Crippen LogP contribution in [0.4, 0.5) is 0 Å². The van der Waals surface area contributed by atoms with Crippen LogP contribution < -0.4 is 38.5 Å². The molecule has 4 heterocycles. The van der Waals surface area contributed by atoms with Crippen molar-refractivity contribution in [3.05, 3.63) is 382 Å². The zero-order valence-electron chi connectivity index (χ0n) is 55.8. The fourth-order valence-corrected chi connectivity index (χ4v) is 15.0. The molecule has 0 bridgehead atoms. The summed E-state index contributed by atoms with van der Waals surface area (Å²) in [7, 11) is 10.1. The number of benzene rings is 12. The Balaban J connectivity index is 0.000000146. The Labute approximate surface area is 617 Å². The van der Waals surface area contributed by atoms with Crippen molar-refractivity contribution >= 4 is 80.3 Å². The maximum absolute atomic E-state index is 14.1. The Bertz CT molecular complexity index is 4570. The van der Waals surface area contributed by atoms with E-state index in [4.69, 9.17) is 43.5 Å². The van der Waals surface area contributed by atoms with Crippen LogP contribution in [-0.2, 0) is 52.0 Å². The monoisotopic (exact) mass is 1450 g/mol. The first-order valence-electron chi connectivity index (χ1n) is 31.1. The van der Waals surface area contributed by atoms with E-state index in [1.807, 2.05) is 291 Å². The van der Waals surface area contributed by atoms with Crippen LogP contribution in [0, 0.1) is 6.07 Å². The van der Waals surface area contributed by atoms with Gasteiger partial charge in [-0.15, -0.1) is 11.6 Å². The van der Waals surface area contributed by atoms with Gasteiger partial charge in [0.1, 0.15) is 56.1 Å². The minimum Gasteiger partial charge on any atom is -0.457 e. The number of alkyl halides is 1. The molecular weight excluding hydrogens is 1390 g/mol. The SMILES string of the molecule is COP(=O)(OC)C1(c2ccccc2)c2ccccc2Oc2ccccc21.COP(OC)OC.ClC1(c2ccccc2)c2ccccc2Oc2ccccc21.O=S(Cl)Cl.O=c1c2ccccc2oc2ccccc12.OC1(c2ccccc2)c2ccccc2Oc2ccccc21.[Li+].[c-]1ccccc1. The Hall–Kier alpha value is -8.45. The quantitative estimate of drug-likeness (QED) is 0.0364. The van der Waals surface area contributed by atoms with Gasteiger partial charge in [0, 0.05) is 90.3 Å². The molecule has 0 saturated heterocycles. The predicted octanol–water partition coefficient (Wildman–Crippen LogP) is 18.6. The summed E-state index contributed by atoms with van der Waals surface area (Å²) in [5.74, 6) is 4.31. The molecule has 0 unspecified atom stereocenters. The normalized spacial score (nSPS) is 13.1. The van der Waals surface area contributed by atoms with E-state index in [-0.39, 0.29) is 24.3 Å². The first kappa shape index (κ1) is 76.7. The van der Waals surface area contributed by atoms with Crippen molar-refractivity contribution < 1.29 is 74.0 Å². The van der Waals surface area contributed by atoms with Gasteiger partial charge in [0.05, 0.1) is 10.8 Å². The summed E-state index contributed by atoms with van der Waals surface area (Å²) in [5, 5.41) is 11.7. The Morgan fingerprint density at radius 1 is 0.406 bits per heavy atom. The average molecular weight is 1460 g/mol. The molecule has 1 N–H and O–H groups in total. The molecule has 0 fully saturated rings. The molecule has 12 aromatic carbocycles. The van der Waals surface area contributed by atoms with Gasteiger partial charge >= 0.3 is 35.1 Å². The topological polar surface area (TPSA) is 158 Å². The molecule has 13 nitrogen and oxygen atoms in total. The number of halogens is 3. The van der Waals surface area contributed by atoms with Crippen LogP contribution in [0.25, 0.3) is 21.9 Å². The van der Waals surface area contributed by atoms with Gasteiger partial charge in [-0.2, -0.15) is 36.4 Å². The zero-order chi connectivity index (χ0) is 70.5. The third-order valence-corrected chi connectivity index (χ3v) is 20.3. The van der Waals surface area contributed by atoms with Gasteiger partial charge in [0.2, 0.25) is 14.7 Å². The second-order valence-electron chi connectivity index (χ2n) is 21.8. The van der Waals surface area contributed by atoms with E-state index >= 15 is 0 Å². The summed E-state index contributed by atoms with van der Waals surface area (Å²) >= 11 is 7.18. The van der Waals surface area contributed by atoms with Crippen molar-refractivity contribution in [3.8, 4) is 34.5 Å². The summed E-state index contributed by atoms with van der Waals surface area (Å²) < 4.78 is 72.0. The molecule has 0 aliphatic carbocycles. The number of fused-ring (bicyclic) bond motifs is 8. The van der Waals surface area contributed by atoms with E-state index in [9.17, 15) is 14.5 Å². The fourth-order valence-electron chi connectivity index (χ4n) is 12.0. The van der Waals surface area contributed by atoms with Crippen molar-refractivity contribution in [1.82, 2.24) is 0 Å². The molecule has 13 aromatic rings. The molecule has 20 heteroatoms. The molecule has 101 heavy (non-hydrogen) atoms. The summed E-state index contributed by atoms with van der Waals surface area (Å²) in [6.45, 7) is 0. The van der Waals surface area contributed by atoms with Crippen LogP contribution >= 0.6 is 49.2 Å². The smallest absolute Gasteiger partial charge is 0.457 e. The third kappa shape index (κ3) is 16.9. The molecule has 0 atom stereocenters. The Kier molecular flexibility index (Phi) is 27.7. The Morgan fingerprint density at radius 2 is 0.693 bits per heavy atom. The Morgan fingerprint density at radius 3 is 1.03 bits per heavy atom. The maximum Gasteiger partial charge on any atom is 1.00 e. The summed E-state index contributed by atoms with van der Waals surface area (Å²) in [6.07, 6.45) is 0. The van der Waals surface area contributed by atoms with Crippen molar-refractivity contribution in [3.63, 3.8) is 0 Å². The minimum atomic E-state index is -3.65. The average Bonchev–Trinajstić information content (AvgIpc) is 0.701. The van der Waals surface area contributed by atoms with Gasteiger partial charge in [0.15, 0.2) is 5.16 Å². The van der Waals surface area contributed by atoms with Crippen LogP contribution in [0.1, 0.15) is 50.1 Å². The van der Waals surface area contributed by atoms with Gasteiger partial charge in [-0.1, -0.05) is 224 Å². The number of hydrogen-bond acceptors (Lipinski definition) is 13. The predicted molar refractivity (Wildman–Crippen MR) is 401 cm³/mol. The van der Waals surface area contributed by atoms with Crippen LogP contribution in [0.15, 0.2) is 325 Å². The minimum absolute atomic E-state index is 0. The zero-order valence-corrected chi connectivity index (χ0v) is 60.7. The van der Waals surface area contributed by atoms with Gasteiger partial charge in [-0.3, -0.25) is 9.36 Å². The fraction of sp³-hybridized carbons (Fsp3) is 0.0988.